The van der Waals surface area contributed by atoms with Gasteiger partial charge in [-0.25, -0.2) is 0 Å². The third-order valence-electron chi connectivity index (χ3n) is 3.88. The van der Waals surface area contributed by atoms with Gasteiger partial charge in [-0.1, -0.05) is 23.7 Å². The average Bonchev–Trinajstić information content (AvgIpc) is 3.05. The molecule has 0 fully saturated rings. The maximum Gasteiger partial charge on any atom is 0.222 e. The molecular weight excluding hydrogens is 362 g/mol. The van der Waals surface area contributed by atoms with Crippen molar-refractivity contribution < 1.29 is 19.1 Å². The van der Waals surface area contributed by atoms with E-state index >= 15 is 0 Å². The molecule has 1 aliphatic rings. The number of ketones is 1. The van der Waals surface area contributed by atoms with Crippen LogP contribution in [-0.2, 0) is 4.79 Å². The molecule has 0 N–H and O–H groups in total. The molecule has 0 spiro atoms. The number of hydrogen-bond donors (Lipinski definition) is 0. The van der Waals surface area contributed by atoms with Crippen molar-refractivity contribution in [1.82, 2.24) is 4.90 Å². The zero-order valence-corrected chi connectivity index (χ0v) is 15.3. The highest BCUT2D eigenvalue weighted by Gasteiger charge is 2.24. The van der Waals surface area contributed by atoms with Crippen LogP contribution in [0.4, 0.5) is 0 Å². The van der Waals surface area contributed by atoms with Gasteiger partial charge in [-0.15, -0.1) is 11.3 Å². The Labute approximate surface area is 155 Å². The van der Waals surface area contributed by atoms with Crippen molar-refractivity contribution in [2.24, 2.45) is 0 Å². The molecule has 0 radical (unpaired) electrons. The molecule has 5 nitrogen and oxygen atoms in total. The molecular formula is C18H18ClNO4S. The molecule has 2 heterocycles. The highest BCUT2D eigenvalue weighted by molar-refractivity contribution is 7.18. The van der Waals surface area contributed by atoms with Crippen LogP contribution in [0.2, 0.25) is 4.34 Å². The van der Waals surface area contributed by atoms with Gasteiger partial charge < -0.3 is 14.4 Å². The fourth-order valence-electron chi connectivity index (χ4n) is 2.56. The second kappa shape index (κ2) is 7.89. The lowest BCUT2D eigenvalue weighted by Crippen LogP contribution is -2.41. The van der Waals surface area contributed by atoms with Gasteiger partial charge in [-0.2, -0.15) is 0 Å². The molecule has 1 aromatic heterocycles. The van der Waals surface area contributed by atoms with Crippen LogP contribution < -0.4 is 9.47 Å². The number of carbonyl (C=O) groups excluding carboxylic acids is 2. The molecule has 1 aromatic carbocycles. The molecule has 7 heteroatoms. The third kappa shape index (κ3) is 4.52. The zero-order chi connectivity index (χ0) is 17.8. The summed E-state index contributed by atoms with van der Waals surface area (Å²) in [5.41, 5.74) is 0. The molecule has 0 saturated carbocycles. The van der Waals surface area contributed by atoms with E-state index < -0.39 is 0 Å². The summed E-state index contributed by atoms with van der Waals surface area (Å²) in [7, 11) is 1.71. The van der Waals surface area contributed by atoms with E-state index in [0.29, 0.717) is 33.9 Å². The minimum Gasteiger partial charge on any atom is -0.486 e. The smallest absolute Gasteiger partial charge is 0.222 e. The molecule has 2 aromatic rings. The molecule has 0 saturated heterocycles. The largest absolute Gasteiger partial charge is 0.486 e. The summed E-state index contributed by atoms with van der Waals surface area (Å²) in [5, 5.41) is 0. The fourth-order valence-corrected chi connectivity index (χ4v) is 3.57. The maximum atomic E-state index is 12.3. The standard InChI is InChI=1S/C18H18ClNO4S/c1-20(10-12-11-23-14-4-2-3-5-15(14)24-12)18(22)9-6-13(21)16-7-8-17(19)25-16/h2-5,7-8,12H,6,9-11H2,1H3. The first-order chi connectivity index (χ1) is 12.0. The van der Waals surface area contributed by atoms with E-state index in [1.165, 1.54) is 11.3 Å². The number of halogens is 1. The molecule has 132 valence electrons. The number of ether oxygens (including phenoxy) is 2. The van der Waals surface area contributed by atoms with Crippen molar-refractivity contribution in [2.45, 2.75) is 18.9 Å². The van der Waals surface area contributed by atoms with E-state index in [1.807, 2.05) is 24.3 Å². The van der Waals surface area contributed by atoms with Gasteiger partial charge >= 0.3 is 0 Å². The molecule has 0 aliphatic carbocycles. The van der Waals surface area contributed by atoms with Crippen molar-refractivity contribution in [1.29, 1.82) is 0 Å². The normalized spacial score (nSPS) is 15.7. The predicted molar refractivity (Wildman–Crippen MR) is 96.9 cm³/mol. The van der Waals surface area contributed by atoms with Crippen LogP contribution in [-0.4, -0.2) is 42.9 Å². The molecule has 0 bridgehead atoms. The summed E-state index contributed by atoms with van der Waals surface area (Å²) in [6, 6.07) is 10.8. The Hall–Kier alpha value is -2.05. The van der Waals surface area contributed by atoms with E-state index in [1.54, 1.807) is 24.1 Å². The summed E-state index contributed by atoms with van der Waals surface area (Å²) < 4.78 is 12.1. The number of benzene rings is 1. The number of para-hydroxylation sites is 2. The monoisotopic (exact) mass is 379 g/mol. The summed E-state index contributed by atoms with van der Waals surface area (Å²) in [6.45, 7) is 0.799. The number of likely N-dealkylation sites (N-methyl/N-ethyl adjacent to an activating group) is 1. The number of fused-ring (bicyclic) bond motifs is 1. The Balaban J connectivity index is 1.47. The number of amides is 1. The van der Waals surface area contributed by atoms with Crippen LogP contribution in [0.5, 0.6) is 11.5 Å². The minimum atomic E-state index is -0.226. The number of nitrogens with zero attached hydrogens (tertiary/aromatic N) is 1. The van der Waals surface area contributed by atoms with E-state index in [0.717, 1.165) is 0 Å². The number of carbonyl (C=O) groups is 2. The topological polar surface area (TPSA) is 55.8 Å². The van der Waals surface area contributed by atoms with Gasteiger partial charge in [0.1, 0.15) is 6.61 Å². The van der Waals surface area contributed by atoms with Crippen LogP contribution in [0.15, 0.2) is 36.4 Å². The van der Waals surface area contributed by atoms with Gasteiger partial charge in [-0.3, -0.25) is 9.59 Å². The van der Waals surface area contributed by atoms with Crippen LogP contribution in [0.3, 0.4) is 0 Å². The summed E-state index contributed by atoms with van der Waals surface area (Å²) in [5.74, 6) is 1.24. The molecule has 1 amide bonds. The van der Waals surface area contributed by atoms with Gasteiger partial charge in [0.25, 0.3) is 0 Å². The first-order valence-corrected chi connectivity index (χ1v) is 9.13. The number of thiophene rings is 1. The van der Waals surface area contributed by atoms with Gasteiger partial charge in [0.15, 0.2) is 23.4 Å². The fraction of sp³-hybridized carbons (Fsp3) is 0.333. The van der Waals surface area contributed by atoms with Crippen LogP contribution in [0.1, 0.15) is 22.5 Å². The molecule has 3 rings (SSSR count). The van der Waals surface area contributed by atoms with Crippen molar-refractivity contribution in [3.05, 3.63) is 45.6 Å². The van der Waals surface area contributed by atoms with E-state index in [2.05, 4.69) is 0 Å². The highest BCUT2D eigenvalue weighted by atomic mass is 35.5. The highest BCUT2D eigenvalue weighted by Crippen LogP contribution is 2.31. The van der Waals surface area contributed by atoms with Gasteiger partial charge in [0.2, 0.25) is 5.91 Å². The van der Waals surface area contributed by atoms with E-state index in [4.69, 9.17) is 21.1 Å². The van der Waals surface area contributed by atoms with E-state index in [-0.39, 0.29) is 30.6 Å². The van der Waals surface area contributed by atoms with Crippen molar-refractivity contribution in [2.75, 3.05) is 20.2 Å². The lowest BCUT2D eigenvalue weighted by atomic mass is 10.1. The quantitative estimate of drug-likeness (QED) is 0.719. The van der Waals surface area contributed by atoms with Crippen molar-refractivity contribution >= 4 is 34.6 Å². The zero-order valence-electron chi connectivity index (χ0n) is 13.7. The number of rotatable bonds is 6. The molecule has 1 aliphatic heterocycles. The Morgan fingerprint density at radius 2 is 1.96 bits per heavy atom. The van der Waals surface area contributed by atoms with E-state index in [9.17, 15) is 9.59 Å². The second-order valence-electron chi connectivity index (χ2n) is 5.80. The SMILES string of the molecule is CN(CC1COc2ccccc2O1)C(=O)CCC(=O)c1ccc(Cl)s1. The molecule has 25 heavy (non-hydrogen) atoms. The Morgan fingerprint density at radius 1 is 1.20 bits per heavy atom. The van der Waals surface area contributed by atoms with Crippen LogP contribution in [0, 0.1) is 0 Å². The lowest BCUT2D eigenvalue weighted by molar-refractivity contribution is -0.131. The van der Waals surface area contributed by atoms with Crippen molar-refractivity contribution in [3.8, 4) is 11.5 Å². The Bertz CT molecular complexity index is 776. The lowest BCUT2D eigenvalue weighted by Gasteiger charge is -2.29. The first kappa shape index (κ1) is 17.8. The van der Waals surface area contributed by atoms with Gasteiger partial charge in [0, 0.05) is 19.9 Å². The van der Waals surface area contributed by atoms with Crippen LogP contribution >= 0.6 is 22.9 Å². The number of Topliss-reactive ketones (excluding diaryl/α,β-unsaturated/α-hetero) is 1. The Kier molecular flexibility index (Phi) is 5.60. The summed E-state index contributed by atoms with van der Waals surface area (Å²) in [4.78, 5) is 26.5. The second-order valence-corrected chi connectivity index (χ2v) is 7.51. The van der Waals surface area contributed by atoms with Crippen molar-refractivity contribution in [3.63, 3.8) is 0 Å². The first-order valence-electron chi connectivity index (χ1n) is 7.94. The van der Waals surface area contributed by atoms with Gasteiger partial charge in [-0.05, 0) is 24.3 Å². The molecule has 1 unspecified atom stereocenters. The predicted octanol–water partition coefficient (Wildman–Crippen LogP) is 3.66. The van der Waals surface area contributed by atoms with Crippen LogP contribution in [0.25, 0.3) is 0 Å². The third-order valence-corrected chi connectivity index (χ3v) is 5.16. The minimum absolute atomic E-state index is 0.0650. The van der Waals surface area contributed by atoms with Gasteiger partial charge in [0.05, 0.1) is 15.8 Å². The molecule has 1 atom stereocenters. The summed E-state index contributed by atoms with van der Waals surface area (Å²) >= 11 is 7.06. The summed E-state index contributed by atoms with van der Waals surface area (Å²) in [6.07, 6.45) is 0.107. The maximum absolute atomic E-state index is 12.3. The number of hydrogen-bond acceptors (Lipinski definition) is 5. The Morgan fingerprint density at radius 3 is 2.68 bits per heavy atom. The average molecular weight is 380 g/mol.